The van der Waals surface area contributed by atoms with E-state index in [1.54, 1.807) is 0 Å². The van der Waals surface area contributed by atoms with E-state index in [1.807, 2.05) is 13.8 Å². The van der Waals surface area contributed by atoms with Crippen molar-refractivity contribution < 1.29 is 5.11 Å². The molecule has 0 bridgehead atoms. The highest BCUT2D eigenvalue weighted by Crippen LogP contribution is 2.40. The predicted molar refractivity (Wildman–Crippen MR) is 41.7 cm³/mol. The topological polar surface area (TPSA) is 46.2 Å². The Morgan fingerprint density at radius 2 is 2.10 bits per heavy atom. The third kappa shape index (κ3) is 0.956. The maximum absolute atomic E-state index is 9.81. The van der Waals surface area contributed by atoms with E-state index in [-0.39, 0.29) is 5.54 Å². The molecule has 1 unspecified atom stereocenters. The summed E-state index contributed by atoms with van der Waals surface area (Å²) in [7, 11) is 0. The molecule has 0 aromatic carbocycles. The SMILES string of the molecule is CCC(C)(N)C1(O)CCC1. The van der Waals surface area contributed by atoms with Gasteiger partial charge in [-0.2, -0.15) is 0 Å². The van der Waals surface area contributed by atoms with E-state index in [0.717, 1.165) is 25.7 Å². The van der Waals surface area contributed by atoms with E-state index in [9.17, 15) is 5.11 Å². The van der Waals surface area contributed by atoms with Gasteiger partial charge in [0.15, 0.2) is 0 Å². The zero-order valence-electron chi connectivity index (χ0n) is 6.85. The molecule has 0 aromatic heterocycles. The zero-order valence-corrected chi connectivity index (χ0v) is 6.85. The minimum absolute atomic E-state index is 0.370. The summed E-state index contributed by atoms with van der Waals surface area (Å²) in [6, 6.07) is 0. The van der Waals surface area contributed by atoms with Crippen LogP contribution < -0.4 is 5.73 Å². The van der Waals surface area contributed by atoms with Crippen molar-refractivity contribution in [1.82, 2.24) is 0 Å². The molecule has 60 valence electrons. The van der Waals surface area contributed by atoms with Gasteiger partial charge >= 0.3 is 0 Å². The Morgan fingerprint density at radius 1 is 1.60 bits per heavy atom. The van der Waals surface area contributed by atoms with Gasteiger partial charge in [0.25, 0.3) is 0 Å². The summed E-state index contributed by atoms with van der Waals surface area (Å²) in [4.78, 5) is 0. The lowest BCUT2D eigenvalue weighted by Gasteiger charge is -2.48. The van der Waals surface area contributed by atoms with Crippen LogP contribution in [0.2, 0.25) is 0 Å². The van der Waals surface area contributed by atoms with Gasteiger partial charge in [0.1, 0.15) is 0 Å². The molecule has 0 amide bonds. The van der Waals surface area contributed by atoms with E-state index < -0.39 is 5.60 Å². The lowest BCUT2D eigenvalue weighted by atomic mass is 9.66. The van der Waals surface area contributed by atoms with Crippen molar-refractivity contribution in [2.45, 2.75) is 50.7 Å². The van der Waals surface area contributed by atoms with Gasteiger partial charge in [-0.25, -0.2) is 0 Å². The fourth-order valence-corrected chi connectivity index (χ4v) is 1.41. The maximum atomic E-state index is 9.81. The monoisotopic (exact) mass is 143 g/mol. The second-order valence-electron chi connectivity index (χ2n) is 3.66. The standard InChI is InChI=1S/C8H17NO/c1-3-7(2,9)8(10)5-4-6-8/h10H,3-6,9H2,1-2H3. The van der Waals surface area contributed by atoms with Gasteiger partial charge in [0, 0.05) is 5.54 Å². The van der Waals surface area contributed by atoms with Crippen LogP contribution in [0, 0.1) is 0 Å². The second kappa shape index (κ2) is 2.21. The lowest BCUT2D eigenvalue weighted by molar-refractivity contribution is -0.0924. The van der Waals surface area contributed by atoms with Gasteiger partial charge in [0.05, 0.1) is 5.60 Å². The fraction of sp³-hybridized carbons (Fsp3) is 1.00. The van der Waals surface area contributed by atoms with Crippen LogP contribution in [0.25, 0.3) is 0 Å². The molecule has 1 atom stereocenters. The minimum Gasteiger partial charge on any atom is -0.388 e. The molecule has 0 aromatic rings. The van der Waals surface area contributed by atoms with Crippen LogP contribution in [0.3, 0.4) is 0 Å². The van der Waals surface area contributed by atoms with E-state index >= 15 is 0 Å². The van der Waals surface area contributed by atoms with Crippen molar-refractivity contribution in [1.29, 1.82) is 0 Å². The van der Waals surface area contributed by atoms with Crippen LogP contribution in [0.15, 0.2) is 0 Å². The zero-order chi connectivity index (χ0) is 7.83. The van der Waals surface area contributed by atoms with Gasteiger partial charge in [0.2, 0.25) is 0 Å². The first-order valence-corrected chi connectivity index (χ1v) is 4.03. The summed E-state index contributed by atoms with van der Waals surface area (Å²) in [5.41, 5.74) is 4.98. The Balaban J connectivity index is 2.61. The number of nitrogens with two attached hydrogens (primary N) is 1. The number of hydrogen-bond donors (Lipinski definition) is 2. The third-order valence-electron chi connectivity index (χ3n) is 2.98. The van der Waals surface area contributed by atoms with Gasteiger partial charge in [-0.05, 0) is 32.6 Å². The highest BCUT2D eigenvalue weighted by molar-refractivity contribution is 5.04. The first-order chi connectivity index (χ1) is 4.52. The molecule has 0 saturated heterocycles. The number of aliphatic hydroxyl groups is 1. The van der Waals surface area contributed by atoms with E-state index in [0.29, 0.717) is 0 Å². The lowest BCUT2D eigenvalue weighted by Crippen LogP contribution is -2.61. The number of hydrogen-bond acceptors (Lipinski definition) is 2. The van der Waals surface area contributed by atoms with Crippen molar-refractivity contribution in [2.75, 3.05) is 0 Å². The molecule has 0 heterocycles. The molecule has 1 fully saturated rings. The van der Waals surface area contributed by atoms with Gasteiger partial charge in [-0.1, -0.05) is 6.92 Å². The van der Waals surface area contributed by atoms with Gasteiger partial charge in [-0.15, -0.1) is 0 Å². The molecule has 1 aliphatic carbocycles. The molecule has 0 radical (unpaired) electrons. The van der Waals surface area contributed by atoms with E-state index in [4.69, 9.17) is 5.73 Å². The van der Waals surface area contributed by atoms with E-state index in [1.165, 1.54) is 0 Å². The molecule has 1 rings (SSSR count). The third-order valence-corrected chi connectivity index (χ3v) is 2.98. The smallest absolute Gasteiger partial charge is 0.0823 e. The Labute approximate surface area is 62.4 Å². The van der Waals surface area contributed by atoms with Crippen molar-refractivity contribution in [2.24, 2.45) is 5.73 Å². The molecule has 0 spiro atoms. The van der Waals surface area contributed by atoms with Gasteiger partial charge < -0.3 is 10.8 Å². The molecule has 2 heteroatoms. The van der Waals surface area contributed by atoms with Crippen molar-refractivity contribution in [3.05, 3.63) is 0 Å². The molecule has 2 nitrogen and oxygen atoms in total. The molecule has 3 N–H and O–H groups in total. The summed E-state index contributed by atoms with van der Waals surface area (Å²) in [5.74, 6) is 0. The Bertz CT molecular complexity index is 118. The van der Waals surface area contributed by atoms with Crippen LogP contribution in [0.4, 0.5) is 0 Å². The molecule has 1 saturated carbocycles. The number of rotatable bonds is 2. The molecule has 1 aliphatic rings. The molecular formula is C8H17NO. The van der Waals surface area contributed by atoms with Crippen LogP contribution in [-0.2, 0) is 0 Å². The second-order valence-corrected chi connectivity index (χ2v) is 3.66. The molecule has 0 aliphatic heterocycles. The summed E-state index contributed by atoms with van der Waals surface area (Å²) < 4.78 is 0. The first-order valence-electron chi connectivity index (χ1n) is 4.03. The normalized spacial score (nSPS) is 28.8. The van der Waals surface area contributed by atoms with Crippen LogP contribution in [0.5, 0.6) is 0 Å². The van der Waals surface area contributed by atoms with Crippen molar-refractivity contribution >= 4 is 0 Å². The van der Waals surface area contributed by atoms with Crippen LogP contribution in [-0.4, -0.2) is 16.2 Å². The van der Waals surface area contributed by atoms with Crippen LogP contribution in [0.1, 0.15) is 39.5 Å². The Morgan fingerprint density at radius 3 is 2.20 bits per heavy atom. The average molecular weight is 143 g/mol. The maximum Gasteiger partial charge on any atom is 0.0823 e. The largest absolute Gasteiger partial charge is 0.388 e. The Kier molecular flexibility index (Phi) is 1.77. The van der Waals surface area contributed by atoms with Gasteiger partial charge in [-0.3, -0.25) is 0 Å². The average Bonchev–Trinajstić information content (AvgIpc) is 1.82. The van der Waals surface area contributed by atoms with Crippen molar-refractivity contribution in [3.8, 4) is 0 Å². The molecule has 10 heavy (non-hydrogen) atoms. The fourth-order valence-electron chi connectivity index (χ4n) is 1.41. The predicted octanol–water partition coefficient (Wildman–Crippen LogP) is 1.03. The highest BCUT2D eigenvalue weighted by Gasteiger charge is 2.47. The minimum atomic E-state index is -0.554. The quantitative estimate of drug-likeness (QED) is 0.606. The molecular weight excluding hydrogens is 126 g/mol. The van der Waals surface area contributed by atoms with Crippen molar-refractivity contribution in [3.63, 3.8) is 0 Å². The first kappa shape index (κ1) is 8.02. The Hall–Kier alpha value is -0.0800. The van der Waals surface area contributed by atoms with E-state index in [2.05, 4.69) is 0 Å². The summed E-state index contributed by atoms with van der Waals surface area (Å²) >= 11 is 0. The summed E-state index contributed by atoms with van der Waals surface area (Å²) in [6.45, 7) is 3.96. The summed E-state index contributed by atoms with van der Waals surface area (Å²) in [5, 5.41) is 9.81. The van der Waals surface area contributed by atoms with Crippen LogP contribution >= 0.6 is 0 Å². The highest BCUT2D eigenvalue weighted by atomic mass is 16.3. The summed E-state index contributed by atoms with van der Waals surface area (Å²) in [6.07, 6.45) is 3.74.